The highest BCUT2D eigenvalue weighted by atomic mass is 32.1. The zero-order valence-electron chi connectivity index (χ0n) is 14.3. The van der Waals surface area contributed by atoms with Gasteiger partial charge in [-0.1, -0.05) is 79.0 Å². The van der Waals surface area contributed by atoms with Crippen LogP contribution in [0.1, 0.15) is 17.0 Å². The number of benzene rings is 2. The highest BCUT2D eigenvalue weighted by molar-refractivity contribution is 7.84. The number of aromatic nitrogens is 3. The molecule has 0 aliphatic heterocycles. The van der Waals surface area contributed by atoms with Crippen LogP contribution in [0.4, 0.5) is 0 Å². The van der Waals surface area contributed by atoms with Crippen LogP contribution in [0.25, 0.3) is 28.8 Å². The summed E-state index contributed by atoms with van der Waals surface area (Å²) in [7, 11) is 1.93. The zero-order chi connectivity index (χ0) is 18.5. The quantitative estimate of drug-likeness (QED) is 0.366. The van der Waals surface area contributed by atoms with E-state index in [1.165, 1.54) is 0 Å². The molecule has 6 heteroatoms. The van der Waals surface area contributed by atoms with E-state index in [9.17, 15) is 0 Å². The molecule has 2 heterocycles. The van der Waals surface area contributed by atoms with Gasteiger partial charge in [-0.15, -0.1) is 0 Å². The van der Waals surface area contributed by atoms with Crippen molar-refractivity contribution in [1.29, 1.82) is 0 Å². The van der Waals surface area contributed by atoms with Crippen molar-refractivity contribution >= 4 is 51.6 Å². The summed E-state index contributed by atoms with van der Waals surface area (Å²) < 4.78 is 7.80. The Morgan fingerprint density at radius 2 is 1.52 bits per heavy atom. The Morgan fingerprint density at radius 1 is 0.889 bits per heavy atom. The molecule has 130 valence electrons. The molecule has 27 heavy (non-hydrogen) atoms. The Kier molecular flexibility index (Phi) is 3.63. The van der Waals surface area contributed by atoms with Crippen LogP contribution in [0.2, 0.25) is 0 Å². The van der Waals surface area contributed by atoms with E-state index < -0.39 is 0 Å². The van der Waals surface area contributed by atoms with Crippen LogP contribution >= 0.6 is 24.4 Å². The molecule has 4 aromatic rings. The SMILES string of the molecule is Cn1c(-c2ccccc2)nc2oc(C=C3C(=S)c4ccccc4C3=S)nc21. The lowest BCUT2D eigenvalue weighted by atomic mass is 10.1. The molecule has 5 rings (SSSR count). The van der Waals surface area contributed by atoms with Gasteiger partial charge in [0.25, 0.3) is 5.71 Å². The second-order valence-corrected chi connectivity index (χ2v) is 7.12. The zero-order valence-corrected chi connectivity index (χ0v) is 16.0. The summed E-state index contributed by atoms with van der Waals surface area (Å²) in [5.41, 5.74) is 4.98. The van der Waals surface area contributed by atoms with Crippen molar-refractivity contribution in [3.8, 4) is 11.4 Å². The number of rotatable bonds is 2. The minimum absolute atomic E-state index is 0.454. The number of imidazole rings is 1. The van der Waals surface area contributed by atoms with Crippen molar-refractivity contribution in [1.82, 2.24) is 14.5 Å². The minimum atomic E-state index is 0.454. The topological polar surface area (TPSA) is 43.9 Å². The molecular weight excluding hydrogens is 374 g/mol. The van der Waals surface area contributed by atoms with Crippen LogP contribution in [0.15, 0.2) is 64.6 Å². The van der Waals surface area contributed by atoms with Crippen molar-refractivity contribution in [3.63, 3.8) is 0 Å². The summed E-state index contributed by atoms with van der Waals surface area (Å²) in [4.78, 5) is 10.7. The monoisotopic (exact) mass is 387 g/mol. The van der Waals surface area contributed by atoms with Gasteiger partial charge in [0.05, 0.1) is 9.73 Å². The molecule has 0 fully saturated rings. The predicted octanol–water partition coefficient (Wildman–Crippen LogP) is 4.76. The van der Waals surface area contributed by atoms with Gasteiger partial charge in [-0.25, -0.2) is 0 Å². The third-order valence-corrected chi connectivity index (χ3v) is 5.54. The van der Waals surface area contributed by atoms with Crippen LogP contribution < -0.4 is 0 Å². The molecule has 0 N–H and O–H groups in total. The van der Waals surface area contributed by atoms with Gasteiger partial charge in [0, 0.05) is 35.4 Å². The number of oxazole rings is 1. The van der Waals surface area contributed by atoms with Gasteiger partial charge in [0.1, 0.15) is 5.82 Å². The van der Waals surface area contributed by atoms with Crippen molar-refractivity contribution in [3.05, 3.63) is 77.2 Å². The first-order valence-corrected chi connectivity index (χ1v) is 9.24. The van der Waals surface area contributed by atoms with E-state index in [1.54, 1.807) is 0 Å². The van der Waals surface area contributed by atoms with E-state index in [2.05, 4.69) is 9.97 Å². The Labute approximate surface area is 166 Å². The summed E-state index contributed by atoms with van der Waals surface area (Å²) in [5, 5.41) is 0. The van der Waals surface area contributed by atoms with E-state index in [1.807, 2.05) is 72.3 Å². The van der Waals surface area contributed by atoms with Crippen LogP contribution in [-0.2, 0) is 7.05 Å². The second kappa shape index (κ2) is 6.04. The molecule has 1 aliphatic carbocycles. The molecule has 0 amide bonds. The number of fused-ring (bicyclic) bond motifs is 2. The van der Waals surface area contributed by atoms with E-state index in [-0.39, 0.29) is 0 Å². The maximum atomic E-state index is 5.87. The van der Waals surface area contributed by atoms with Crippen molar-refractivity contribution in [2.45, 2.75) is 0 Å². The maximum Gasteiger partial charge on any atom is 0.267 e. The Bertz CT molecular complexity index is 1230. The van der Waals surface area contributed by atoms with E-state index in [0.29, 0.717) is 17.3 Å². The number of hydrogen-bond donors (Lipinski definition) is 0. The lowest BCUT2D eigenvalue weighted by molar-refractivity contribution is 0.579. The van der Waals surface area contributed by atoms with Crippen LogP contribution in [-0.4, -0.2) is 24.3 Å². The predicted molar refractivity (Wildman–Crippen MR) is 114 cm³/mol. The summed E-state index contributed by atoms with van der Waals surface area (Å²) in [6.07, 6.45) is 1.81. The van der Waals surface area contributed by atoms with E-state index in [4.69, 9.17) is 28.9 Å². The molecule has 2 aromatic carbocycles. The van der Waals surface area contributed by atoms with Crippen LogP contribution in [0.3, 0.4) is 0 Å². The largest absolute Gasteiger partial charge is 0.417 e. The molecule has 0 spiro atoms. The molecule has 2 aromatic heterocycles. The fraction of sp³-hybridized carbons (Fsp3) is 0.0476. The standard InChI is InChI=1S/C21H13N3OS2/c1-24-19(12-7-3-2-4-8-12)23-21-20(24)22-16(25-21)11-15-17(26)13-9-5-6-10-14(13)18(15)27/h2-11H,1H3. The van der Waals surface area contributed by atoms with Gasteiger partial charge in [0.15, 0.2) is 0 Å². The summed E-state index contributed by atoms with van der Waals surface area (Å²) >= 11 is 11.2. The molecule has 0 atom stereocenters. The molecular formula is C21H13N3OS2. The number of allylic oxidation sites excluding steroid dienone is 1. The van der Waals surface area contributed by atoms with Gasteiger partial charge >= 0.3 is 0 Å². The van der Waals surface area contributed by atoms with Crippen molar-refractivity contribution in [2.75, 3.05) is 0 Å². The molecule has 0 saturated carbocycles. The van der Waals surface area contributed by atoms with Crippen molar-refractivity contribution in [2.24, 2.45) is 7.05 Å². The first-order chi connectivity index (χ1) is 13.1. The lowest BCUT2D eigenvalue weighted by Gasteiger charge is -2.00. The second-order valence-electron chi connectivity index (χ2n) is 6.30. The molecule has 0 saturated heterocycles. The highest BCUT2D eigenvalue weighted by Gasteiger charge is 2.27. The first-order valence-electron chi connectivity index (χ1n) is 8.42. The molecule has 4 nitrogen and oxygen atoms in total. The van der Waals surface area contributed by atoms with Gasteiger partial charge in [-0.2, -0.15) is 9.97 Å². The summed E-state index contributed by atoms with van der Waals surface area (Å²) in [6, 6.07) is 17.9. The molecule has 0 unspecified atom stereocenters. The van der Waals surface area contributed by atoms with E-state index >= 15 is 0 Å². The average molecular weight is 387 g/mol. The molecule has 0 radical (unpaired) electrons. The van der Waals surface area contributed by atoms with Gasteiger partial charge in [-0.3, -0.25) is 0 Å². The Hall–Kier alpha value is -2.96. The summed E-state index contributed by atoms with van der Waals surface area (Å²) in [6.45, 7) is 0. The first kappa shape index (κ1) is 16.2. The third-order valence-electron chi connectivity index (χ3n) is 4.66. The highest BCUT2D eigenvalue weighted by Crippen LogP contribution is 2.30. The number of nitrogens with zero attached hydrogens (tertiary/aromatic N) is 3. The third kappa shape index (κ3) is 2.49. The van der Waals surface area contributed by atoms with Gasteiger partial charge < -0.3 is 8.98 Å². The maximum absolute atomic E-state index is 5.87. The normalized spacial score (nSPS) is 13.4. The number of thiocarbonyl (C=S) groups is 2. The van der Waals surface area contributed by atoms with E-state index in [0.717, 1.165) is 37.8 Å². The van der Waals surface area contributed by atoms with Gasteiger partial charge in [-0.05, 0) is 0 Å². The minimum Gasteiger partial charge on any atom is -0.417 e. The Balaban J connectivity index is 1.57. The molecule has 1 aliphatic rings. The van der Waals surface area contributed by atoms with Gasteiger partial charge in [0.2, 0.25) is 11.5 Å². The fourth-order valence-electron chi connectivity index (χ4n) is 3.32. The smallest absolute Gasteiger partial charge is 0.267 e. The average Bonchev–Trinajstić information content (AvgIpc) is 3.31. The fourth-order valence-corrected chi connectivity index (χ4v) is 4.06. The summed E-state index contributed by atoms with van der Waals surface area (Å²) in [5.74, 6) is 1.27. The number of hydrogen-bond acceptors (Lipinski definition) is 5. The van der Waals surface area contributed by atoms with Crippen LogP contribution in [0.5, 0.6) is 0 Å². The molecule has 0 bridgehead atoms. The van der Waals surface area contributed by atoms with Crippen LogP contribution in [0, 0.1) is 0 Å². The number of aryl methyl sites for hydroxylation is 1. The lowest BCUT2D eigenvalue weighted by Crippen LogP contribution is -1.98. The van der Waals surface area contributed by atoms with Crippen molar-refractivity contribution < 1.29 is 4.42 Å². The Morgan fingerprint density at radius 3 is 2.15 bits per heavy atom.